The molecule has 19 heavy (non-hydrogen) atoms. The first-order valence-corrected chi connectivity index (χ1v) is 6.84. The molecule has 1 saturated heterocycles. The first kappa shape index (κ1) is 12.6. The minimum Gasteiger partial charge on any atom is -0.381 e. The number of nitrogens with zero attached hydrogens (tertiary/aromatic N) is 2. The van der Waals surface area contributed by atoms with Crippen LogP contribution in [0.15, 0.2) is 30.6 Å². The van der Waals surface area contributed by atoms with Gasteiger partial charge in [-0.15, -0.1) is 0 Å². The van der Waals surface area contributed by atoms with Crippen LogP contribution in [0.5, 0.6) is 0 Å². The van der Waals surface area contributed by atoms with Crippen molar-refractivity contribution in [3.8, 4) is 0 Å². The van der Waals surface area contributed by atoms with E-state index in [1.807, 2.05) is 29.0 Å². The van der Waals surface area contributed by atoms with E-state index >= 15 is 0 Å². The van der Waals surface area contributed by atoms with Crippen molar-refractivity contribution >= 4 is 5.52 Å². The van der Waals surface area contributed by atoms with E-state index in [4.69, 9.17) is 10.6 Å². The maximum Gasteiger partial charge on any atom is 0.0709 e. The van der Waals surface area contributed by atoms with Crippen LogP contribution < -0.4 is 11.3 Å². The van der Waals surface area contributed by atoms with E-state index in [-0.39, 0.29) is 6.04 Å². The molecule has 0 spiro atoms. The van der Waals surface area contributed by atoms with Crippen molar-refractivity contribution in [1.82, 2.24) is 15.0 Å². The number of hydrogen-bond donors (Lipinski definition) is 2. The standard InChI is InChI=1S/C14H20N4O/c15-17-13(9-11-4-7-19-8-5-11)12-10-16-18-6-2-1-3-14(12)18/h1-3,6,10-11,13,17H,4-5,7-9,15H2. The van der Waals surface area contributed by atoms with Gasteiger partial charge in [-0.05, 0) is 37.3 Å². The molecule has 3 heterocycles. The van der Waals surface area contributed by atoms with Crippen LogP contribution >= 0.6 is 0 Å². The van der Waals surface area contributed by atoms with Gasteiger partial charge in [-0.2, -0.15) is 5.10 Å². The van der Waals surface area contributed by atoms with E-state index in [0.29, 0.717) is 5.92 Å². The summed E-state index contributed by atoms with van der Waals surface area (Å²) in [6.07, 6.45) is 7.16. The smallest absolute Gasteiger partial charge is 0.0709 e. The molecule has 2 aromatic rings. The fourth-order valence-corrected chi connectivity index (χ4v) is 2.82. The van der Waals surface area contributed by atoms with E-state index < -0.39 is 0 Å². The van der Waals surface area contributed by atoms with Crippen molar-refractivity contribution in [3.05, 3.63) is 36.2 Å². The van der Waals surface area contributed by atoms with Gasteiger partial charge in [-0.25, -0.2) is 4.52 Å². The molecule has 1 aliphatic rings. The molecule has 5 heteroatoms. The molecular weight excluding hydrogens is 240 g/mol. The highest BCUT2D eigenvalue weighted by Crippen LogP contribution is 2.29. The third kappa shape index (κ3) is 2.63. The fourth-order valence-electron chi connectivity index (χ4n) is 2.82. The number of hydrazine groups is 1. The van der Waals surface area contributed by atoms with Crippen LogP contribution in [0.1, 0.15) is 30.9 Å². The van der Waals surface area contributed by atoms with Crippen molar-refractivity contribution in [2.24, 2.45) is 11.8 Å². The van der Waals surface area contributed by atoms with Crippen molar-refractivity contribution < 1.29 is 4.74 Å². The number of aromatic nitrogens is 2. The average molecular weight is 260 g/mol. The number of fused-ring (bicyclic) bond motifs is 1. The molecule has 0 radical (unpaired) electrons. The lowest BCUT2D eigenvalue weighted by Crippen LogP contribution is -2.31. The van der Waals surface area contributed by atoms with E-state index in [1.165, 1.54) is 5.56 Å². The molecule has 3 rings (SSSR count). The molecule has 1 atom stereocenters. The molecule has 2 aromatic heterocycles. The van der Waals surface area contributed by atoms with Crippen molar-refractivity contribution in [2.75, 3.05) is 13.2 Å². The summed E-state index contributed by atoms with van der Waals surface area (Å²) in [7, 11) is 0. The van der Waals surface area contributed by atoms with E-state index in [2.05, 4.69) is 16.6 Å². The van der Waals surface area contributed by atoms with Gasteiger partial charge in [-0.3, -0.25) is 11.3 Å². The summed E-state index contributed by atoms with van der Waals surface area (Å²) in [6.45, 7) is 1.74. The maximum atomic E-state index is 5.75. The second-order valence-electron chi connectivity index (χ2n) is 5.14. The number of nitrogens with one attached hydrogen (secondary N) is 1. The Morgan fingerprint density at radius 3 is 3.05 bits per heavy atom. The third-order valence-corrected chi connectivity index (χ3v) is 3.94. The van der Waals surface area contributed by atoms with Gasteiger partial charge in [0.2, 0.25) is 0 Å². The first-order valence-electron chi connectivity index (χ1n) is 6.84. The van der Waals surface area contributed by atoms with Gasteiger partial charge in [0, 0.05) is 31.0 Å². The van der Waals surface area contributed by atoms with Crippen molar-refractivity contribution in [3.63, 3.8) is 0 Å². The Morgan fingerprint density at radius 1 is 1.42 bits per heavy atom. The van der Waals surface area contributed by atoms with Crippen LogP contribution in [0.2, 0.25) is 0 Å². The van der Waals surface area contributed by atoms with Crippen LogP contribution in [-0.2, 0) is 4.74 Å². The van der Waals surface area contributed by atoms with Crippen molar-refractivity contribution in [1.29, 1.82) is 0 Å². The lowest BCUT2D eigenvalue weighted by atomic mass is 9.90. The third-order valence-electron chi connectivity index (χ3n) is 3.94. The summed E-state index contributed by atoms with van der Waals surface area (Å²) < 4.78 is 7.30. The SMILES string of the molecule is NNC(CC1CCOCC1)c1cnn2ccccc12. The van der Waals surface area contributed by atoms with Gasteiger partial charge in [-0.1, -0.05) is 6.07 Å². The predicted molar refractivity (Wildman–Crippen MR) is 73.4 cm³/mol. The highest BCUT2D eigenvalue weighted by atomic mass is 16.5. The van der Waals surface area contributed by atoms with Crippen molar-refractivity contribution in [2.45, 2.75) is 25.3 Å². The molecule has 0 aliphatic carbocycles. The predicted octanol–water partition coefficient (Wildman–Crippen LogP) is 1.66. The Kier molecular flexibility index (Phi) is 3.77. The molecule has 0 saturated carbocycles. The fraction of sp³-hybridized carbons (Fsp3) is 0.500. The van der Waals surface area contributed by atoms with E-state index in [1.54, 1.807) is 0 Å². The maximum absolute atomic E-state index is 5.75. The van der Waals surface area contributed by atoms with Crippen LogP contribution in [0.3, 0.4) is 0 Å². The zero-order valence-electron chi connectivity index (χ0n) is 11.0. The Hall–Kier alpha value is -1.43. The molecule has 5 nitrogen and oxygen atoms in total. The highest BCUT2D eigenvalue weighted by Gasteiger charge is 2.22. The summed E-state index contributed by atoms with van der Waals surface area (Å²) in [6, 6.07) is 6.25. The van der Waals surface area contributed by atoms with Crippen LogP contribution in [0.4, 0.5) is 0 Å². The molecule has 1 fully saturated rings. The normalized spacial score (nSPS) is 18.8. The number of ether oxygens (including phenoxy) is 1. The number of rotatable bonds is 4. The Balaban J connectivity index is 1.81. The van der Waals surface area contributed by atoms with Crippen LogP contribution in [0.25, 0.3) is 5.52 Å². The summed E-state index contributed by atoms with van der Waals surface area (Å²) in [4.78, 5) is 0. The largest absolute Gasteiger partial charge is 0.381 e. The molecule has 1 aliphatic heterocycles. The van der Waals surface area contributed by atoms with Gasteiger partial charge in [0.05, 0.1) is 11.7 Å². The average Bonchev–Trinajstić information content (AvgIpc) is 2.90. The lowest BCUT2D eigenvalue weighted by Gasteiger charge is -2.26. The number of pyridine rings is 1. The van der Waals surface area contributed by atoms with Crippen LogP contribution in [-0.4, -0.2) is 22.8 Å². The minimum absolute atomic E-state index is 0.156. The highest BCUT2D eigenvalue weighted by molar-refractivity contribution is 5.54. The lowest BCUT2D eigenvalue weighted by molar-refractivity contribution is 0.0605. The summed E-state index contributed by atoms with van der Waals surface area (Å²) >= 11 is 0. The molecule has 0 bridgehead atoms. The van der Waals surface area contributed by atoms with E-state index in [0.717, 1.165) is 38.0 Å². The molecule has 1 unspecified atom stereocenters. The summed E-state index contributed by atoms with van der Waals surface area (Å²) in [5.41, 5.74) is 5.25. The second-order valence-corrected chi connectivity index (χ2v) is 5.14. The minimum atomic E-state index is 0.156. The van der Waals surface area contributed by atoms with Crippen LogP contribution in [0, 0.1) is 5.92 Å². The Morgan fingerprint density at radius 2 is 2.26 bits per heavy atom. The molecule has 0 aromatic carbocycles. The molecule has 102 valence electrons. The number of nitrogens with two attached hydrogens (primary N) is 1. The second kappa shape index (κ2) is 5.69. The Bertz CT molecular complexity index is 533. The zero-order chi connectivity index (χ0) is 13.1. The quantitative estimate of drug-likeness (QED) is 0.648. The Labute approximate surface area is 112 Å². The number of hydrogen-bond acceptors (Lipinski definition) is 4. The van der Waals surface area contributed by atoms with Gasteiger partial charge < -0.3 is 4.74 Å². The van der Waals surface area contributed by atoms with Gasteiger partial charge in [0.1, 0.15) is 0 Å². The molecular formula is C14H20N4O. The van der Waals surface area contributed by atoms with Gasteiger partial charge >= 0.3 is 0 Å². The van der Waals surface area contributed by atoms with Gasteiger partial charge in [0.15, 0.2) is 0 Å². The summed E-state index contributed by atoms with van der Waals surface area (Å²) in [5.74, 6) is 6.43. The first-order chi connectivity index (χ1) is 9.38. The molecule has 0 amide bonds. The van der Waals surface area contributed by atoms with E-state index in [9.17, 15) is 0 Å². The monoisotopic (exact) mass is 260 g/mol. The van der Waals surface area contributed by atoms with Gasteiger partial charge in [0.25, 0.3) is 0 Å². The molecule has 3 N–H and O–H groups in total. The zero-order valence-corrected chi connectivity index (χ0v) is 11.0. The summed E-state index contributed by atoms with van der Waals surface area (Å²) in [5, 5.41) is 4.38. The topological polar surface area (TPSA) is 64.6 Å².